The molecule has 116 valence electrons. The molecule has 2 rings (SSSR count). The van der Waals surface area contributed by atoms with Crippen LogP contribution in [0.4, 0.5) is 0 Å². The van der Waals surface area contributed by atoms with Crippen molar-refractivity contribution in [2.75, 3.05) is 40.4 Å². The molecule has 0 unspecified atom stereocenters. The SMILES string of the molecule is CN(C)CCc1ccc(C(=O)NC[C@@H]2CCCOC2)cc1. The molecule has 1 aromatic carbocycles. The minimum atomic E-state index is 0.0136. The molecule has 4 heteroatoms. The van der Waals surface area contributed by atoms with Gasteiger partial charge in [0, 0.05) is 25.3 Å². The summed E-state index contributed by atoms with van der Waals surface area (Å²) in [5.41, 5.74) is 2.00. The second-order valence-electron chi connectivity index (χ2n) is 6.04. The van der Waals surface area contributed by atoms with E-state index >= 15 is 0 Å². The van der Waals surface area contributed by atoms with E-state index in [4.69, 9.17) is 4.74 Å². The lowest BCUT2D eigenvalue weighted by Gasteiger charge is -2.22. The quantitative estimate of drug-likeness (QED) is 0.870. The number of hydrogen-bond acceptors (Lipinski definition) is 3. The van der Waals surface area contributed by atoms with E-state index in [0.29, 0.717) is 12.5 Å². The van der Waals surface area contributed by atoms with Crippen LogP contribution in [0.1, 0.15) is 28.8 Å². The number of benzene rings is 1. The standard InChI is InChI=1S/C17H26N2O2/c1-19(2)10-9-14-5-7-16(8-6-14)17(20)18-12-15-4-3-11-21-13-15/h5-8,15H,3-4,9-13H2,1-2H3,(H,18,20)/t15-/m0/s1. The summed E-state index contributed by atoms with van der Waals surface area (Å²) in [5, 5.41) is 3.01. The Morgan fingerprint density at radius 2 is 2.10 bits per heavy atom. The summed E-state index contributed by atoms with van der Waals surface area (Å²) in [7, 11) is 4.13. The third-order valence-electron chi connectivity index (χ3n) is 3.87. The Labute approximate surface area is 127 Å². The van der Waals surface area contributed by atoms with E-state index < -0.39 is 0 Å². The van der Waals surface area contributed by atoms with E-state index in [-0.39, 0.29) is 5.91 Å². The van der Waals surface area contributed by atoms with Crippen molar-refractivity contribution in [3.8, 4) is 0 Å². The summed E-state index contributed by atoms with van der Waals surface area (Å²) in [5.74, 6) is 0.474. The largest absolute Gasteiger partial charge is 0.381 e. The molecule has 0 bridgehead atoms. The molecule has 0 saturated carbocycles. The molecule has 1 fully saturated rings. The van der Waals surface area contributed by atoms with Gasteiger partial charge in [-0.15, -0.1) is 0 Å². The fourth-order valence-electron chi connectivity index (χ4n) is 2.48. The van der Waals surface area contributed by atoms with E-state index in [1.165, 1.54) is 5.56 Å². The lowest BCUT2D eigenvalue weighted by Crippen LogP contribution is -2.33. The van der Waals surface area contributed by atoms with Gasteiger partial charge in [-0.3, -0.25) is 4.79 Å². The molecule has 1 heterocycles. The van der Waals surface area contributed by atoms with Crippen LogP contribution < -0.4 is 5.32 Å². The monoisotopic (exact) mass is 290 g/mol. The van der Waals surface area contributed by atoms with Crippen molar-refractivity contribution >= 4 is 5.91 Å². The van der Waals surface area contributed by atoms with Crippen molar-refractivity contribution in [2.45, 2.75) is 19.3 Å². The number of carbonyl (C=O) groups excluding carboxylic acids is 1. The van der Waals surface area contributed by atoms with Gasteiger partial charge in [0.05, 0.1) is 6.61 Å². The van der Waals surface area contributed by atoms with Crippen LogP contribution in [0.3, 0.4) is 0 Å². The Balaban J connectivity index is 1.79. The number of nitrogens with zero attached hydrogens (tertiary/aromatic N) is 1. The predicted molar refractivity (Wildman–Crippen MR) is 84.6 cm³/mol. The number of ether oxygens (including phenoxy) is 1. The third-order valence-corrected chi connectivity index (χ3v) is 3.87. The van der Waals surface area contributed by atoms with Gasteiger partial charge in [-0.2, -0.15) is 0 Å². The zero-order valence-electron chi connectivity index (χ0n) is 13.1. The molecule has 1 atom stereocenters. The van der Waals surface area contributed by atoms with Gasteiger partial charge < -0.3 is 15.0 Å². The minimum Gasteiger partial charge on any atom is -0.381 e. The Morgan fingerprint density at radius 3 is 2.71 bits per heavy atom. The lowest BCUT2D eigenvalue weighted by atomic mass is 10.0. The van der Waals surface area contributed by atoms with Crippen molar-refractivity contribution in [1.29, 1.82) is 0 Å². The average molecular weight is 290 g/mol. The van der Waals surface area contributed by atoms with E-state index in [1.807, 2.05) is 24.3 Å². The van der Waals surface area contributed by atoms with Gasteiger partial charge in [0.2, 0.25) is 0 Å². The van der Waals surface area contributed by atoms with Crippen molar-refractivity contribution in [3.05, 3.63) is 35.4 Å². The molecular weight excluding hydrogens is 264 g/mol. The highest BCUT2D eigenvalue weighted by Crippen LogP contribution is 2.12. The fraction of sp³-hybridized carbons (Fsp3) is 0.588. The zero-order valence-corrected chi connectivity index (χ0v) is 13.1. The molecule has 0 aromatic heterocycles. The first kappa shape index (κ1) is 16.0. The van der Waals surface area contributed by atoms with E-state index in [0.717, 1.165) is 44.6 Å². The number of amides is 1. The first-order chi connectivity index (χ1) is 10.1. The van der Waals surface area contributed by atoms with Gasteiger partial charge in [0.25, 0.3) is 5.91 Å². The molecule has 1 amide bonds. The summed E-state index contributed by atoms with van der Waals surface area (Å²) < 4.78 is 5.43. The molecule has 4 nitrogen and oxygen atoms in total. The van der Waals surface area contributed by atoms with Crippen molar-refractivity contribution < 1.29 is 9.53 Å². The summed E-state index contributed by atoms with van der Waals surface area (Å²) in [6, 6.07) is 7.92. The highest BCUT2D eigenvalue weighted by atomic mass is 16.5. The van der Waals surface area contributed by atoms with Gasteiger partial charge in [-0.1, -0.05) is 12.1 Å². The summed E-state index contributed by atoms with van der Waals surface area (Å²) in [6.45, 7) is 3.36. The molecule has 0 spiro atoms. The number of nitrogens with one attached hydrogen (secondary N) is 1. The van der Waals surface area contributed by atoms with E-state index in [9.17, 15) is 4.79 Å². The lowest BCUT2D eigenvalue weighted by molar-refractivity contribution is 0.0536. The maximum Gasteiger partial charge on any atom is 0.251 e. The highest BCUT2D eigenvalue weighted by molar-refractivity contribution is 5.94. The fourth-order valence-corrected chi connectivity index (χ4v) is 2.48. The molecule has 1 aliphatic heterocycles. The van der Waals surface area contributed by atoms with Crippen LogP contribution in [0.5, 0.6) is 0 Å². The average Bonchev–Trinajstić information content (AvgIpc) is 2.52. The van der Waals surface area contributed by atoms with Crippen LogP contribution >= 0.6 is 0 Å². The highest BCUT2D eigenvalue weighted by Gasteiger charge is 2.15. The van der Waals surface area contributed by atoms with Crippen molar-refractivity contribution in [2.24, 2.45) is 5.92 Å². The molecule has 21 heavy (non-hydrogen) atoms. The van der Waals surface area contributed by atoms with Crippen LogP contribution in [0.25, 0.3) is 0 Å². The topological polar surface area (TPSA) is 41.6 Å². The Hall–Kier alpha value is -1.39. The maximum atomic E-state index is 12.1. The van der Waals surface area contributed by atoms with Crippen LogP contribution in [-0.4, -0.2) is 51.2 Å². The Kier molecular flexibility index (Phi) is 6.21. The molecule has 1 aromatic rings. The van der Waals surface area contributed by atoms with Crippen molar-refractivity contribution in [1.82, 2.24) is 10.2 Å². The van der Waals surface area contributed by atoms with E-state index in [2.05, 4.69) is 24.3 Å². The second-order valence-corrected chi connectivity index (χ2v) is 6.04. The van der Waals surface area contributed by atoms with Crippen LogP contribution in [-0.2, 0) is 11.2 Å². The predicted octanol–water partition coefficient (Wildman–Crippen LogP) is 1.95. The summed E-state index contributed by atoms with van der Waals surface area (Å²) in [6.07, 6.45) is 3.25. The first-order valence-electron chi connectivity index (χ1n) is 7.75. The zero-order chi connectivity index (χ0) is 15.1. The first-order valence-corrected chi connectivity index (χ1v) is 7.75. The van der Waals surface area contributed by atoms with Gasteiger partial charge in [0.1, 0.15) is 0 Å². The molecular formula is C17H26N2O2. The Bertz CT molecular complexity index is 437. The molecule has 1 saturated heterocycles. The third kappa shape index (κ3) is 5.48. The van der Waals surface area contributed by atoms with Crippen LogP contribution in [0, 0.1) is 5.92 Å². The van der Waals surface area contributed by atoms with Crippen LogP contribution in [0.2, 0.25) is 0 Å². The molecule has 0 radical (unpaired) electrons. The normalized spacial score (nSPS) is 18.7. The minimum absolute atomic E-state index is 0.0136. The van der Waals surface area contributed by atoms with Crippen LogP contribution in [0.15, 0.2) is 24.3 Å². The second kappa shape index (κ2) is 8.15. The number of hydrogen-bond donors (Lipinski definition) is 1. The van der Waals surface area contributed by atoms with Gasteiger partial charge in [0.15, 0.2) is 0 Å². The molecule has 1 aliphatic rings. The summed E-state index contributed by atoms with van der Waals surface area (Å²) in [4.78, 5) is 14.3. The van der Waals surface area contributed by atoms with Gasteiger partial charge in [-0.25, -0.2) is 0 Å². The van der Waals surface area contributed by atoms with E-state index in [1.54, 1.807) is 0 Å². The molecule has 0 aliphatic carbocycles. The number of carbonyl (C=O) groups is 1. The maximum absolute atomic E-state index is 12.1. The smallest absolute Gasteiger partial charge is 0.251 e. The van der Waals surface area contributed by atoms with Gasteiger partial charge in [-0.05, 0) is 57.0 Å². The molecule has 1 N–H and O–H groups in total. The number of likely N-dealkylation sites (N-methyl/N-ethyl adjacent to an activating group) is 1. The van der Waals surface area contributed by atoms with Gasteiger partial charge >= 0.3 is 0 Å². The Morgan fingerprint density at radius 1 is 1.33 bits per heavy atom. The van der Waals surface area contributed by atoms with Crippen molar-refractivity contribution in [3.63, 3.8) is 0 Å². The number of rotatable bonds is 6. The summed E-state index contributed by atoms with van der Waals surface area (Å²) >= 11 is 0.